The zero-order chi connectivity index (χ0) is 15.1. The van der Waals surface area contributed by atoms with Crippen LogP contribution in [0.15, 0.2) is 18.2 Å². The first kappa shape index (κ1) is 15.2. The van der Waals surface area contributed by atoms with Crippen molar-refractivity contribution in [3.8, 4) is 5.75 Å². The maximum Gasteiger partial charge on any atom is 0.494 e. The van der Waals surface area contributed by atoms with Crippen molar-refractivity contribution in [3.63, 3.8) is 0 Å². The van der Waals surface area contributed by atoms with Gasteiger partial charge in [-0.3, -0.25) is 0 Å². The van der Waals surface area contributed by atoms with Gasteiger partial charge >= 0.3 is 7.12 Å². The fraction of sp³-hybridized carbons (Fsp3) is 0.600. The van der Waals surface area contributed by atoms with Crippen molar-refractivity contribution in [3.05, 3.63) is 18.2 Å². The molecule has 0 spiro atoms. The van der Waals surface area contributed by atoms with Crippen LogP contribution in [0, 0.1) is 0 Å². The number of hydrogen-bond acceptors (Lipinski definition) is 4. The zero-order valence-electron chi connectivity index (χ0n) is 13.2. The van der Waals surface area contributed by atoms with Crippen molar-refractivity contribution in [1.29, 1.82) is 0 Å². The van der Waals surface area contributed by atoms with E-state index in [1.165, 1.54) is 0 Å². The monoisotopic (exact) mass is 277 g/mol. The molecule has 0 saturated carbocycles. The molecular weight excluding hydrogens is 253 g/mol. The molecule has 2 rings (SSSR count). The normalized spacial score (nSPS) is 20.4. The van der Waals surface area contributed by atoms with E-state index in [0.29, 0.717) is 11.4 Å². The third-order valence-corrected chi connectivity index (χ3v) is 3.92. The van der Waals surface area contributed by atoms with E-state index in [0.717, 1.165) is 5.46 Å². The van der Waals surface area contributed by atoms with E-state index in [9.17, 15) is 0 Å². The Labute approximate surface area is 121 Å². The van der Waals surface area contributed by atoms with Gasteiger partial charge in [0.25, 0.3) is 0 Å². The Morgan fingerprint density at radius 1 is 1.10 bits per heavy atom. The van der Waals surface area contributed by atoms with Gasteiger partial charge in [-0.2, -0.15) is 0 Å². The van der Waals surface area contributed by atoms with Crippen LogP contribution >= 0.6 is 0 Å². The highest BCUT2D eigenvalue weighted by molar-refractivity contribution is 6.62. The van der Waals surface area contributed by atoms with E-state index >= 15 is 0 Å². The van der Waals surface area contributed by atoms with Crippen LogP contribution < -0.4 is 15.9 Å². The van der Waals surface area contributed by atoms with E-state index in [2.05, 4.69) is 0 Å². The fourth-order valence-electron chi connectivity index (χ4n) is 2.05. The molecule has 0 aliphatic carbocycles. The second-order valence-electron chi connectivity index (χ2n) is 6.55. The minimum absolute atomic E-state index is 0.0972. The third kappa shape index (κ3) is 2.79. The number of ether oxygens (including phenoxy) is 1. The van der Waals surface area contributed by atoms with Gasteiger partial charge in [0.2, 0.25) is 0 Å². The predicted molar refractivity (Wildman–Crippen MR) is 82.3 cm³/mol. The summed E-state index contributed by atoms with van der Waals surface area (Å²) in [5.74, 6) is 0.695. The molecule has 110 valence electrons. The van der Waals surface area contributed by atoms with Gasteiger partial charge in [0, 0.05) is 0 Å². The van der Waals surface area contributed by atoms with Gasteiger partial charge in [-0.15, -0.1) is 0 Å². The summed E-state index contributed by atoms with van der Waals surface area (Å²) in [4.78, 5) is 0. The SMILES string of the molecule is CC(C)Oc1ccc(B2OC(C)(C)C(C)(C)O2)cc1N. The molecule has 1 aliphatic heterocycles. The third-order valence-electron chi connectivity index (χ3n) is 3.92. The number of rotatable bonds is 3. The van der Waals surface area contributed by atoms with Crippen molar-refractivity contribution >= 4 is 18.3 Å². The molecule has 1 aromatic carbocycles. The Hall–Kier alpha value is -1.20. The van der Waals surface area contributed by atoms with E-state index < -0.39 is 7.12 Å². The Morgan fingerprint density at radius 2 is 1.65 bits per heavy atom. The van der Waals surface area contributed by atoms with E-state index in [1.807, 2.05) is 59.7 Å². The molecular formula is C15H24BNO3. The largest absolute Gasteiger partial charge is 0.494 e. The molecule has 1 saturated heterocycles. The molecule has 0 aromatic heterocycles. The Balaban J connectivity index is 2.22. The lowest BCUT2D eigenvalue weighted by molar-refractivity contribution is 0.00578. The van der Waals surface area contributed by atoms with Gasteiger partial charge in [0.1, 0.15) is 5.75 Å². The van der Waals surface area contributed by atoms with Gasteiger partial charge in [-0.25, -0.2) is 0 Å². The first-order valence-electron chi connectivity index (χ1n) is 7.04. The highest BCUT2D eigenvalue weighted by atomic mass is 16.7. The summed E-state index contributed by atoms with van der Waals surface area (Å²) in [6, 6.07) is 5.67. The predicted octanol–water partition coefficient (Wildman–Crippen LogP) is 2.36. The van der Waals surface area contributed by atoms with Crippen molar-refractivity contribution in [2.45, 2.75) is 58.8 Å². The maximum atomic E-state index is 6.04. The van der Waals surface area contributed by atoms with Crippen LogP contribution in [0.5, 0.6) is 5.75 Å². The van der Waals surface area contributed by atoms with Crippen LogP contribution in [-0.4, -0.2) is 24.4 Å². The lowest BCUT2D eigenvalue weighted by Crippen LogP contribution is -2.41. The Bertz CT molecular complexity index is 484. The molecule has 1 aromatic rings. The summed E-state index contributed by atoms with van der Waals surface area (Å²) in [6.07, 6.45) is 0.0972. The first-order valence-corrected chi connectivity index (χ1v) is 7.04. The van der Waals surface area contributed by atoms with Gasteiger partial charge in [-0.1, -0.05) is 6.07 Å². The van der Waals surface area contributed by atoms with Gasteiger partial charge in [-0.05, 0) is 59.1 Å². The summed E-state index contributed by atoms with van der Waals surface area (Å²) in [5, 5.41) is 0. The lowest BCUT2D eigenvalue weighted by atomic mass is 9.79. The minimum atomic E-state index is -0.393. The van der Waals surface area contributed by atoms with Crippen molar-refractivity contribution in [2.24, 2.45) is 0 Å². The summed E-state index contributed by atoms with van der Waals surface area (Å²) in [5.41, 5.74) is 6.86. The van der Waals surface area contributed by atoms with Gasteiger partial charge < -0.3 is 19.8 Å². The summed E-state index contributed by atoms with van der Waals surface area (Å²) in [6.45, 7) is 12.1. The molecule has 2 N–H and O–H groups in total. The summed E-state index contributed by atoms with van der Waals surface area (Å²) in [7, 11) is -0.393. The van der Waals surface area contributed by atoms with Crippen LogP contribution in [0.3, 0.4) is 0 Å². The number of nitrogen functional groups attached to an aromatic ring is 1. The molecule has 1 aliphatic rings. The van der Waals surface area contributed by atoms with E-state index in [-0.39, 0.29) is 17.3 Å². The number of hydrogen-bond donors (Lipinski definition) is 1. The highest BCUT2D eigenvalue weighted by Gasteiger charge is 2.51. The molecule has 4 nitrogen and oxygen atoms in total. The summed E-state index contributed by atoms with van der Waals surface area (Å²) >= 11 is 0. The minimum Gasteiger partial charge on any atom is -0.489 e. The van der Waals surface area contributed by atoms with Gasteiger partial charge in [0.15, 0.2) is 0 Å². The highest BCUT2D eigenvalue weighted by Crippen LogP contribution is 2.36. The van der Waals surface area contributed by atoms with Crippen LogP contribution in [0.4, 0.5) is 5.69 Å². The molecule has 0 radical (unpaired) electrons. The first-order chi connectivity index (χ1) is 9.12. The molecule has 0 atom stereocenters. The fourth-order valence-corrected chi connectivity index (χ4v) is 2.05. The Kier molecular flexibility index (Phi) is 3.78. The van der Waals surface area contributed by atoms with Crippen molar-refractivity contribution < 1.29 is 14.0 Å². The Morgan fingerprint density at radius 3 is 2.10 bits per heavy atom. The average Bonchev–Trinajstić information content (AvgIpc) is 2.50. The van der Waals surface area contributed by atoms with Gasteiger partial charge in [0.05, 0.1) is 23.0 Å². The second kappa shape index (κ2) is 4.97. The molecule has 1 fully saturated rings. The molecule has 20 heavy (non-hydrogen) atoms. The molecule has 0 amide bonds. The van der Waals surface area contributed by atoms with Crippen LogP contribution in [-0.2, 0) is 9.31 Å². The molecule has 0 unspecified atom stereocenters. The van der Waals surface area contributed by atoms with Crippen LogP contribution in [0.2, 0.25) is 0 Å². The molecule has 5 heteroatoms. The van der Waals surface area contributed by atoms with E-state index in [4.69, 9.17) is 19.8 Å². The smallest absolute Gasteiger partial charge is 0.489 e. The van der Waals surface area contributed by atoms with Crippen molar-refractivity contribution in [1.82, 2.24) is 0 Å². The molecule has 0 bridgehead atoms. The number of anilines is 1. The average molecular weight is 277 g/mol. The standard InChI is InChI=1S/C15H24BNO3/c1-10(2)18-13-8-7-11(9-12(13)17)16-19-14(3,4)15(5,6)20-16/h7-10H,17H2,1-6H3. The summed E-state index contributed by atoms with van der Waals surface area (Å²) < 4.78 is 17.7. The van der Waals surface area contributed by atoms with Crippen LogP contribution in [0.1, 0.15) is 41.5 Å². The number of nitrogens with two attached hydrogens (primary N) is 1. The van der Waals surface area contributed by atoms with Crippen LogP contribution in [0.25, 0.3) is 0 Å². The van der Waals surface area contributed by atoms with Crippen molar-refractivity contribution in [2.75, 3.05) is 5.73 Å². The second-order valence-corrected chi connectivity index (χ2v) is 6.55. The zero-order valence-corrected chi connectivity index (χ0v) is 13.2. The quantitative estimate of drug-likeness (QED) is 0.680. The van der Waals surface area contributed by atoms with E-state index in [1.54, 1.807) is 0 Å². The maximum absolute atomic E-state index is 6.04. The lowest BCUT2D eigenvalue weighted by Gasteiger charge is -2.32. The molecule has 1 heterocycles. The topological polar surface area (TPSA) is 53.7 Å². The number of benzene rings is 1.